The van der Waals surface area contributed by atoms with Crippen molar-refractivity contribution in [2.75, 3.05) is 11.9 Å². The van der Waals surface area contributed by atoms with Crippen LogP contribution in [0.4, 0.5) is 5.69 Å². The Bertz CT molecular complexity index is 607. The first-order chi connectivity index (χ1) is 9.14. The zero-order valence-electron chi connectivity index (χ0n) is 11.9. The first kappa shape index (κ1) is 16.6. The monoisotopic (exact) mass is 299 g/mol. The summed E-state index contributed by atoms with van der Waals surface area (Å²) >= 11 is 0. The van der Waals surface area contributed by atoms with Gasteiger partial charge in [0, 0.05) is 12.2 Å². The number of primary sulfonamides is 1. The summed E-state index contributed by atoms with van der Waals surface area (Å²) in [5, 5.41) is 7.81. The lowest BCUT2D eigenvalue weighted by Crippen LogP contribution is -2.39. The molecule has 0 aliphatic heterocycles. The van der Waals surface area contributed by atoms with Crippen molar-refractivity contribution >= 4 is 21.6 Å². The predicted molar refractivity (Wildman–Crippen MR) is 78.6 cm³/mol. The molecular formula is C13H21N3O3S. The third-order valence-electron chi connectivity index (χ3n) is 3.56. The van der Waals surface area contributed by atoms with Gasteiger partial charge in [-0.3, -0.25) is 4.79 Å². The standard InChI is InChI=1S/C13H21N3O3S/c1-4-13(3,8-14)12(17)16-11-7-10(20(15,18)19)6-5-9(11)2/h5-7H,4,8,14H2,1-3H3,(H,16,17)(H2,15,18,19). The number of hydrogen-bond donors (Lipinski definition) is 3. The van der Waals surface area contributed by atoms with Crippen LogP contribution in [0.15, 0.2) is 23.1 Å². The minimum Gasteiger partial charge on any atom is -0.329 e. The number of carbonyl (C=O) groups excluding carboxylic acids is 1. The summed E-state index contributed by atoms with van der Waals surface area (Å²) in [6.07, 6.45) is 0.587. The van der Waals surface area contributed by atoms with Crippen LogP contribution in [-0.2, 0) is 14.8 Å². The van der Waals surface area contributed by atoms with Crippen LogP contribution in [0.1, 0.15) is 25.8 Å². The molecule has 0 aromatic heterocycles. The van der Waals surface area contributed by atoms with Crippen molar-refractivity contribution in [1.82, 2.24) is 0 Å². The van der Waals surface area contributed by atoms with Gasteiger partial charge in [0.25, 0.3) is 0 Å². The molecule has 1 rings (SSSR count). The van der Waals surface area contributed by atoms with Crippen LogP contribution in [0.25, 0.3) is 0 Å². The van der Waals surface area contributed by atoms with Crippen LogP contribution in [0.2, 0.25) is 0 Å². The summed E-state index contributed by atoms with van der Waals surface area (Å²) in [6, 6.07) is 4.36. The molecule has 0 heterocycles. The minimum atomic E-state index is -3.80. The largest absolute Gasteiger partial charge is 0.329 e. The van der Waals surface area contributed by atoms with Gasteiger partial charge in [0.15, 0.2) is 0 Å². The molecule has 1 aromatic rings. The second kappa shape index (κ2) is 5.90. The highest BCUT2D eigenvalue weighted by molar-refractivity contribution is 7.89. The number of amides is 1. The van der Waals surface area contributed by atoms with E-state index in [0.29, 0.717) is 12.1 Å². The Morgan fingerprint density at radius 3 is 2.45 bits per heavy atom. The molecule has 1 amide bonds. The number of rotatable bonds is 5. The molecule has 0 spiro atoms. The first-order valence-corrected chi connectivity index (χ1v) is 7.83. The highest BCUT2D eigenvalue weighted by Crippen LogP contribution is 2.25. The molecule has 0 radical (unpaired) electrons. The number of nitrogens with two attached hydrogens (primary N) is 2. The van der Waals surface area contributed by atoms with Gasteiger partial charge in [-0.1, -0.05) is 13.0 Å². The van der Waals surface area contributed by atoms with E-state index in [-0.39, 0.29) is 17.3 Å². The number of sulfonamides is 1. The summed E-state index contributed by atoms with van der Waals surface area (Å²) in [4.78, 5) is 12.2. The van der Waals surface area contributed by atoms with E-state index in [9.17, 15) is 13.2 Å². The average molecular weight is 299 g/mol. The number of hydrogen-bond acceptors (Lipinski definition) is 4. The molecule has 1 unspecified atom stereocenters. The maximum atomic E-state index is 12.2. The molecule has 1 aromatic carbocycles. The maximum Gasteiger partial charge on any atom is 0.238 e. The molecule has 20 heavy (non-hydrogen) atoms. The number of anilines is 1. The zero-order valence-corrected chi connectivity index (χ0v) is 12.8. The Kier molecular flexibility index (Phi) is 4.90. The SMILES string of the molecule is CCC(C)(CN)C(=O)Nc1cc(S(N)(=O)=O)ccc1C. The van der Waals surface area contributed by atoms with Crippen LogP contribution in [0.5, 0.6) is 0 Å². The number of aryl methyl sites for hydroxylation is 1. The number of benzene rings is 1. The van der Waals surface area contributed by atoms with Gasteiger partial charge in [0.05, 0.1) is 10.3 Å². The number of carbonyl (C=O) groups is 1. The Morgan fingerprint density at radius 1 is 1.40 bits per heavy atom. The molecule has 1 atom stereocenters. The van der Waals surface area contributed by atoms with Crippen molar-refractivity contribution in [2.24, 2.45) is 16.3 Å². The Hall–Kier alpha value is -1.44. The van der Waals surface area contributed by atoms with Gasteiger partial charge in [0.2, 0.25) is 15.9 Å². The van der Waals surface area contributed by atoms with Crippen LogP contribution < -0.4 is 16.2 Å². The van der Waals surface area contributed by atoms with Crippen molar-refractivity contribution in [2.45, 2.75) is 32.1 Å². The molecule has 112 valence electrons. The highest BCUT2D eigenvalue weighted by Gasteiger charge is 2.30. The van der Waals surface area contributed by atoms with E-state index in [2.05, 4.69) is 5.32 Å². The quantitative estimate of drug-likeness (QED) is 0.750. The fourth-order valence-electron chi connectivity index (χ4n) is 1.58. The smallest absolute Gasteiger partial charge is 0.238 e. The first-order valence-electron chi connectivity index (χ1n) is 6.29. The van der Waals surface area contributed by atoms with Crippen molar-refractivity contribution in [3.05, 3.63) is 23.8 Å². The highest BCUT2D eigenvalue weighted by atomic mass is 32.2. The van der Waals surface area contributed by atoms with E-state index in [1.54, 1.807) is 19.9 Å². The van der Waals surface area contributed by atoms with Crippen molar-refractivity contribution < 1.29 is 13.2 Å². The topological polar surface area (TPSA) is 115 Å². The number of nitrogens with one attached hydrogen (secondary N) is 1. The van der Waals surface area contributed by atoms with Gasteiger partial charge < -0.3 is 11.1 Å². The molecule has 0 bridgehead atoms. The van der Waals surface area contributed by atoms with Gasteiger partial charge in [0.1, 0.15) is 0 Å². The van der Waals surface area contributed by atoms with Gasteiger partial charge in [-0.2, -0.15) is 0 Å². The zero-order chi connectivity index (χ0) is 15.6. The van der Waals surface area contributed by atoms with Crippen LogP contribution in [0.3, 0.4) is 0 Å². The fraction of sp³-hybridized carbons (Fsp3) is 0.462. The lowest BCUT2D eigenvalue weighted by molar-refractivity contribution is -0.124. The van der Waals surface area contributed by atoms with Crippen molar-refractivity contribution in [1.29, 1.82) is 0 Å². The molecule has 7 heteroatoms. The van der Waals surface area contributed by atoms with Crippen LogP contribution in [-0.4, -0.2) is 20.9 Å². The lowest BCUT2D eigenvalue weighted by Gasteiger charge is -2.25. The maximum absolute atomic E-state index is 12.2. The molecule has 0 aliphatic carbocycles. The van der Waals surface area contributed by atoms with Crippen molar-refractivity contribution in [3.63, 3.8) is 0 Å². The minimum absolute atomic E-state index is 0.0376. The third-order valence-corrected chi connectivity index (χ3v) is 4.48. The fourth-order valence-corrected chi connectivity index (χ4v) is 2.12. The lowest BCUT2D eigenvalue weighted by atomic mass is 9.86. The molecule has 0 fully saturated rings. The van der Waals surface area contributed by atoms with Gasteiger partial charge >= 0.3 is 0 Å². The Balaban J connectivity index is 3.13. The summed E-state index contributed by atoms with van der Waals surface area (Å²) in [6.45, 7) is 5.62. The molecule has 6 nitrogen and oxygen atoms in total. The third kappa shape index (κ3) is 3.56. The van der Waals surface area contributed by atoms with Gasteiger partial charge in [-0.15, -0.1) is 0 Å². The predicted octanol–water partition coefficient (Wildman–Crippen LogP) is 0.956. The molecular weight excluding hydrogens is 278 g/mol. The summed E-state index contributed by atoms with van der Waals surface area (Å²) in [5.41, 5.74) is 6.12. The van der Waals surface area contributed by atoms with Crippen LogP contribution in [0, 0.1) is 12.3 Å². The summed E-state index contributed by atoms with van der Waals surface area (Å²) < 4.78 is 22.7. The normalized spacial score (nSPS) is 14.7. The van der Waals surface area contributed by atoms with Crippen molar-refractivity contribution in [3.8, 4) is 0 Å². The van der Waals surface area contributed by atoms with E-state index in [1.165, 1.54) is 12.1 Å². The second-order valence-electron chi connectivity index (χ2n) is 5.09. The van der Waals surface area contributed by atoms with E-state index >= 15 is 0 Å². The van der Waals surface area contributed by atoms with Gasteiger partial charge in [-0.25, -0.2) is 13.6 Å². The summed E-state index contributed by atoms with van der Waals surface area (Å²) in [7, 11) is -3.80. The second-order valence-corrected chi connectivity index (χ2v) is 6.66. The molecule has 0 aliphatic rings. The summed E-state index contributed by atoms with van der Waals surface area (Å²) in [5.74, 6) is -0.239. The van der Waals surface area contributed by atoms with Gasteiger partial charge in [-0.05, 0) is 38.0 Å². The van der Waals surface area contributed by atoms with E-state index in [0.717, 1.165) is 5.56 Å². The molecule has 0 saturated carbocycles. The van der Waals surface area contributed by atoms with E-state index < -0.39 is 15.4 Å². The average Bonchev–Trinajstić information content (AvgIpc) is 2.38. The Labute approximate surface area is 119 Å². The van der Waals surface area contributed by atoms with E-state index in [1.807, 2.05) is 6.92 Å². The van der Waals surface area contributed by atoms with E-state index in [4.69, 9.17) is 10.9 Å². The van der Waals surface area contributed by atoms with Crippen LogP contribution >= 0.6 is 0 Å². The molecule has 5 N–H and O–H groups in total. The Morgan fingerprint density at radius 2 is 2.00 bits per heavy atom. The molecule has 0 saturated heterocycles.